The van der Waals surface area contributed by atoms with E-state index in [9.17, 15) is 9.50 Å². The van der Waals surface area contributed by atoms with Gasteiger partial charge in [-0.15, -0.1) is 0 Å². The van der Waals surface area contributed by atoms with Gasteiger partial charge in [0.1, 0.15) is 17.3 Å². The summed E-state index contributed by atoms with van der Waals surface area (Å²) in [4.78, 5) is 2.32. The molecule has 0 saturated heterocycles. The summed E-state index contributed by atoms with van der Waals surface area (Å²) in [6, 6.07) is 16.1. The summed E-state index contributed by atoms with van der Waals surface area (Å²) in [6.07, 6.45) is 2.09. The zero-order valence-corrected chi connectivity index (χ0v) is 19.0. The van der Waals surface area contributed by atoms with E-state index in [-0.39, 0.29) is 11.7 Å². The van der Waals surface area contributed by atoms with Crippen LogP contribution in [0.4, 0.5) is 4.39 Å². The molecule has 0 bridgehead atoms. The highest BCUT2D eigenvalue weighted by Crippen LogP contribution is 2.36. The van der Waals surface area contributed by atoms with E-state index in [1.54, 1.807) is 16.8 Å². The molecule has 1 N–H and O–H groups in total. The zero-order valence-electron chi connectivity index (χ0n) is 19.0. The third-order valence-electron chi connectivity index (χ3n) is 5.97. The molecule has 0 aliphatic heterocycles. The maximum Gasteiger partial charge on any atom is 0.222 e. The number of hydrogen-bond donors (Lipinski definition) is 1. The van der Waals surface area contributed by atoms with Gasteiger partial charge in [-0.2, -0.15) is 5.10 Å². The van der Waals surface area contributed by atoms with Crippen molar-refractivity contribution < 1.29 is 14.2 Å². The number of ether oxygens (including phenoxy) is 1. The molecule has 0 amide bonds. The Morgan fingerprint density at radius 3 is 2.44 bits per heavy atom. The number of aromatic nitrogens is 2. The summed E-state index contributed by atoms with van der Waals surface area (Å²) < 4.78 is 21.4. The van der Waals surface area contributed by atoms with E-state index in [4.69, 9.17) is 9.84 Å². The molecule has 170 valence electrons. The van der Waals surface area contributed by atoms with Gasteiger partial charge in [0.05, 0.1) is 11.7 Å². The van der Waals surface area contributed by atoms with Crippen LogP contribution in [0.2, 0.25) is 0 Å². The average molecular weight is 438 g/mol. The van der Waals surface area contributed by atoms with E-state index < -0.39 is 6.10 Å². The monoisotopic (exact) mass is 437 g/mol. The Balaban J connectivity index is 1.69. The lowest BCUT2D eigenvalue weighted by molar-refractivity contribution is 0.0709. The lowest BCUT2D eigenvalue weighted by atomic mass is 10.0. The lowest BCUT2D eigenvalue weighted by Gasteiger charge is -2.27. The number of halogens is 1. The summed E-state index contributed by atoms with van der Waals surface area (Å²) in [5.74, 6) is 1.77. The molecule has 1 aliphatic carbocycles. The first-order valence-electron chi connectivity index (χ1n) is 11.4. The molecular weight excluding hydrogens is 405 g/mol. The molecule has 2 aromatic carbocycles. The number of rotatable bonds is 10. The van der Waals surface area contributed by atoms with Crippen LogP contribution in [0.25, 0.3) is 11.3 Å². The van der Waals surface area contributed by atoms with Gasteiger partial charge < -0.3 is 9.84 Å². The summed E-state index contributed by atoms with van der Waals surface area (Å²) in [6.45, 7) is 6.26. The Labute approximate surface area is 189 Å². The zero-order chi connectivity index (χ0) is 22.7. The fourth-order valence-electron chi connectivity index (χ4n) is 3.83. The first-order chi connectivity index (χ1) is 15.4. The van der Waals surface area contributed by atoms with E-state index >= 15 is 0 Å². The highest BCUT2D eigenvalue weighted by atomic mass is 19.1. The molecule has 1 atom stereocenters. The van der Waals surface area contributed by atoms with Crippen molar-refractivity contribution in [3.8, 4) is 22.9 Å². The summed E-state index contributed by atoms with van der Waals surface area (Å²) in [5, 5.41) is 15.4. The number of benzene rings is 2. The molecule has 1 aromatic heterocycles. The molecule has 32 heavy (non-hydrogen) atoms. The predicted octanol–water partition coefficient (Wildman–Crippen LogP) is 5.25. The summed E-state index contributed by atoms with van der Waals surface area (Å²) >= 11 is 0. The fourth-order valence-corrected chi connectivity index (χ4v) is 3.83. The van der Waals surface area contributed by atoms with Gasteiger partial charge in [0.25, 0.3) is 0 Å². The molecule has 1 fully saturated rings. The van der Waals surface area contributed by atoms with Crippen molar-refractivity contribution in [2.75, 3.05) is 13.1 Å². The van der Waals surface area contributed by atoms with Crippen molar-refractivity contribution in [2.45, 2.75) is 39.3 Å². The summed E-state index contributed by atoms with van der Waals surface area (Å²) in [7, 11) is 1.86. The molecular formula is C26H32FN3O2. The van der Waals surface area contributed by atoms with Crippen LogP contribution in [-0.2, 0) is 13.6 Å². The molecule has 3 aromatic rings. The van der Waals surface area contributed by atoms with Crippen LogP contribution in [0, 0.1) is 17.7 Å². The minimum atomic E-state index is -0.396. The van der Waals surface area contributed by atoms with Crippen molar-refractivity contribution in [3.05, 3.63) is 66.0 Å². The maximum absolute atomic E-state index is 13.4. The van der Waals surface area contributed by atoms with Gasteiger partial charge >= 0.3 is 0 Å². The Kier molecular flexibility index (Phi) is 6.92. The van der Waals surface area contributed by atoms with Crippen LogP contribution in [0.5, 0.6) is 11.6 Å². The van der Waals surface area contributed by atoms with Crippen LogP contribution < -0.4 is 4.74 Å². The van der Waals surface area contributed by atoms with Gasteiger partial charge in [-0.25, -0.2) is 9.07 Å². The Morgan fingerprint density at radius 2 is 1.81 bits per heavy atom. The van der Waals surface area contributed by atoms with Gasteiger partial charge in [-0.3, -0.25) is 4.90 Å². The number of aryl methyl sites for hydroxylation is 1. The van der Waals surface area contributed by atoms with Crippen LogP contribution >= 0.6 is 0 Å². The van der Waals surface area contributed by atoms with E-state index in [1.165, 1.54) is 25.0 Å². The SMILES string of the molecule is CC(C)C(O)CN(Cc1c(-c2ccccc2)nn(C)c1Oc1ccc(F)cc1)CC1CC1. The first-order valence-corrected chi connectivity index (χ1v) is 11.4. The van der Waals surface area contributed by atoms with Crippen molar-refractivity contribution in [2.24, 2.45) is 18.9 Å². The molecule has 0 radical (unpaired) electrons. The topological polar surface area (TPSA) is 50.5 Å². The van der Waals surface area contributed by atoms with Crippen LogP contribution in [0.1, 0.15) is 32.3 Å². The second-order valence-electron chi connectivity index (χ2n) is 9.13. The Bertz CT molecular complexity index is 1010. The third-order valence-corrected chi connectivity index (χ3v) is 5.97. The third kappa shape index (κ3) is 5.56. The minimum Gasteiger partial charge on any atom is -0.439 e. The summed E-state index contributed by atoms with van der Waals surface area (Å²) in [5.41, 5.74) is 2.85. The normalized spacial score (nSPS) is 14.8. The van der Waals surface area contributed by atoms with E-state index in [1.807, 2.05) is 51.2 Å². The minimum absolute atomic E-state index is 0.189. The van der Waals surface area contributed by atoms with Crippen LogP contribution in [0.3, 0.4) is 0 Å². The van der Waals surface area contributed by atoms with E-state index in [2.05, 4.69) is 4.90 Å². The van der Waals surface area contributed by atoms with Gasteiger partial charge in [0.2, 0.25) is 5.88 Å². The molecule has 1 saturated carbocycles. The van der Waals surface area contributed by atoms with Crippen molar-refractivity contribution in [3.63, 3.8) is 0 Å². The number of hydrogen-bond acceptors (Lipinski definition) is 4. The highest BCUT2D eigenvalue weighted by Gasteiger charge is 2.29. The molecule has 1 unspecified atom stereocenters. The second kappa shape index (κ2) is 9.84. The highest BCUT2D eigenvalue weighted by molar-refractivity contribution is 5.65. The smallest absolute Gasteiger partial charge is 0.222 e. The second-order valence-corrected chi connectivity index (χ2v) is 9.13. The van der Waals surface area contributed by atoms with Gasteiger partial charge in [-0.1, -0.05) is 44.2 Å². The molecule has 5 nitrogen and oxygen atoms in total. The molecule has 1 aliphatic rings. The van der Waals surface area contributed by atoms with Crippen molar-refractivity contribution in [1.29, 1.82) is 0 Å². The largest absolute Gasteiger partial charge is 0.439 e. The molecule has 6 heteroatoms. The van der Waals surface area contributed by atoms with Crippen LogP contribution in [0.15, 0.2) is 54.6 Å². The molecule has 1 heterocycles. The van der Waals surface area contributed by atoms with E-state index in [0.717, 1.165) is 23.4 Å². The quantitative estimate of drug-likeness (QED) is 0.471. The predicted molar refractivity (Wildman–Crippen MR) is 124 cm³/mol. The number of nitrogens with zero attached hydrogens (tertiary/aromatic N) is 3. The molecule has 4 rings (SSSR count). The van der Waals surface area contributed by atoms with Crippen molar-refractivity contribution >= 4 is 0 Å². The fraction of sp³-hybridized carbons (Fsp3) is 0.423. The van der Waals surface area contributed by atoms with Gasteiger partial charge in [-0.05, 0) is 48.9 Å². The lowest BCUT2D eigenvalue weighted by Crippen LogP contribution is -2.36. The Hall–Kier alpha value is -2.70. The maximum atomic E-state index is 13.4. The number of aliphatic hydroxyl groups excluding tert-OH is 1. The first kappa shape index (κ1) is 22.5. The van der Waals surface area contributed by atoms with Crippen molar-refractivity contribution in [1.82, 2.24) is 14.7 Å². The Morgan fingerprint density at radius 1 is 1.12 bits per heavy atom. The van der Waals surface area contributed by atoms with E-state index in [0.29, 0.717) is 30.6 Å². The molecule has 0 spiro atoms. The standard InChI is InChI=1S/C26H32FN3O2/c1-18(2)24(31)17-30(15-19-9-10-19)16-23-25(20-7-5-4-6-8-20)28-29(3)26(23)32-22-13-11-21(27)12-14-22/h4-8,11-14,18-19,24,31H,9-10,15-17H2,1-3H3. The van der Waals surface area contributed by atoms with Gasteiger partial charge in [0, 0.05) is 32.2 Å². The number of aliphatic hydroxyl groups is 1. The average Bonchev–Trinajstić information content (AvgIpc) is 3.54. The van der Waals surface area contributed by atoms with Gasteiger partial charge in [0.15, 0.2) is 0 Å². The van der Waals surface area contributed by atoms with Crippen LogP contribution in [-0.4, -0.2) is 39.0 Å².